The molecule has 2 aromatic rings. The van der Waals surface area contributed by atoms with Crippen LogP contribution in [-0.4, -0.2) is 37.8 Å². The van der Waals surface area contributed by atoms with Crippen molar-refractivity contribution in [3.8, 4) is 0 Å². The Balaban J connectivity index is 1.60. The van der Waals surface area contributed by atoms with E-state index in [-0.39, 0.29) is 0 Å². The van der Waals surface area contributed by atoms with Gasteiger partial charge in [-0.05, 0) is 32.4 Å². The van der Waals surface area contributed by atoms with Crippen LogP contribution in [-0.2, 0) is 32.2 Å². The van der Waals surface area contributed by atoms with Crippen molar-refractivity contribution in [3.63, 3.8) is 0 Å². The molecule has 1 atom stereocenters. The Bertz CT molecular complexity index is 688. The van der Waals surface area contributed by atoms with Gasteiger partial charge in [-0.1, -0.05) is 0 Å². The van der Waals surface area contributed by atoms with Crippen LogP contribution in [0.3, 0.4) is 0 Å². The van der Waals surface area contributed by atoms with Crippen LogP contribution in [0.2, 0.25) is 0 Å². The van der Waals surface area contributed by atoms with Gasteiger partial charge in [0.1, 0.15) is 5.82 Å². The largest absolute Gasteiger partial charge is 0.434 e. The molecule has 2 aromatic heterocycles. The Kier molecular flexibility index (Phi) is 4.67. The normalized spacial score (nSPS) is 18.2. The Morgan fingerprint density at radius 2 is 2.17 bits per heavy atom. The third-order valence-corrected chi connectivity index (χ3v) is 4.49. The zero-order valence-electron chi connectivity index (χ0n) is 13.9. The highest BCUT2D eigenvalue weighted by Crippen LogP contribution is 2.30. The highest BCUT2D eigenvalue weighted by atomic mass is 19.4. The fourth-order valence-corrected chi connectivity index (χ4v) is 3.36. The predicted octanol–water partition coefficient (Wildman–Crippen LogP) is 2.81. The van der Waals surface area contributed by atoms with Gasteiger partial charge in [0.05, 0.1) is 5.69 Å². The van der Waals surface area contributed by atoms with Crippen molar-refractivity contribution in [2.45, 2.75) is 45.6 Å². The first-order valence-corrected chi connectivity index (χ1v) is 8.19. The second kappa shape index (κ2) is 6.58. The Hall–Kier alpha value is -1.83. The second-order valence-corrected chi connectivity index (χ2v) is 6.43. The number of fused-ring (bicyclic) bond motifs is 1. The molecule has 24 heavy (non-hydrogen) atoms. The second-order valence-electron chi connectivity index (χ2n) is 6.43. The highest BCUT2D eigenvalue weighted by molar-refractivity contribution is 5.10. The molecule has 0 radical (unpaired) electrons. The molecular weight excluding hydrogens is 319 g/mol. The van der Waals surface area contributed by atoms with Crippen LogP contribution >= 0.6 is 0 Å². The molecular formula is C16H22F3N5. The van der Waals surface area contributed by atoms with Crippen molar-refractivity contribution in [2.24, 2.45) is 5.92 Å². The average molecular weight is 341 g/mol. The summed E-state index contributed by atoms with van der Waals surface area (Å²) in [7, 11) is 2.04. The summed E-state index contributed by atoms with van der Waals surface area (Å²) < 4.78 is 41.9. The first-order valence-electron chi connectivity index (χ1n) is 8.19. The van der Waals surface area contributed by atoms with E-state index in [1.165, 1.54) is 0 Å². The third-order valence-electron chi connectivity index (χ3n) is 4.49. The quantitative estimate of drug-likeness (QED) is 0.839. The molecule has 3 rings (SSSR count). The summed E-state index contributed by atoms with van der Waals surface area (Å²) in [6.45, 7) is 5.10. The lowest BCUT2D eigenvalue weighted by atomic mass is 9.99. The van der Waals surface area contributed by atoms with E-state index in [9.17, 15) is 13.2 Å². The number of aryl methyl sites for hydroxylation is 2. The smallest absolute Gasteiger partial charge is 0.334 e. The number of imidazole rings is 1. The number of halogens is 3. The summed E-state index contributed by atoms with van der Waals surface area (Å²) in [6, 6.07) is 2.00. The maximum absolute atomic E-state index is 12.8. The number of aromatic nitrogens is 4. The van der Waals surface area contributed by atoms with Gasteiger partial charge in [-0.25, -0.2) is 4.98 Å². The fraction of sp³-hybridized carbons (Fsp3) is 0.625. The predicted molar refractivity (Wildman–Crippen MR) is 83.3 cm³/mol. The van der Waals surface area contributed by atoms with E-state index in [2.05, 4.69) is 21.9 Å². The van der Waals surface area contributed by atoms with Gasteiger partial charge in [0.25, 0.3) is 0 Å². The number of hydrogen-bond donors (Lipinski definition) is 0. The molecule has 0 bridgehead atoms. The lowest BCUT2D eigenvalue weighted by Crippen LogP contribution is -2.31. The fourth-order valence-electron chi connectivity index (χ4n) is 3.36. The third kappa shape index (κ3) is 3.63. The SMILES string of the molecule is CCn1nccc1CN(C)C[C@@H]1CCc2nc(C(F)(F)F)cn2C1. The summed E-state index contributed by atoms with van der Waals surface area (Å²) in [4.78, 5) is 5.94. The van der Waals surface area contributed by atoms with Gasteiger partial charge in [-0.2, -0.15) is 18.3 Å². The molecule has 0 saturated carbocycles. The molecule has 0 N–H and O–H groups in total. The average Bonchev–Trinajstić information content (AvgIpc) is 3.12. The van der Waals surface area contributed by atoms with Crippen LogP contribution in [0.4, 0.5) is 13.2 Å². The van der Waals surface area contributed by atoms with E-state index in [4.69, 9.17) is 0 Å². The van der Waals surface area contributed by atoms with Gasteiger partial charge >= 0.3 is 6.18 Å². The van der Waals surface area contributed by atoms with Gasteiger partial charge < -0.3 is 9.47 Å². The molecule has 0 aromatic carbocycles. The van der Waals surface area contributed by atoms with Crippen LogP contribution in [0.1, 0.15) is 30.6 Å². The standard InChI is InChI=1S/C16H22F3N5/c1-3-24-13(6-7-20-24)10-22(2)8-12-4-5-15-21-14(16(17,18)19)11-23(15)9-12/h6-7,11-12H,3-5,8-10H2,1-2H3/t12-/m0/s1. The molecule has 0 spiro atoms. The minimum Gasteiger partial charge on any atom is -0.334 e. The van der Waals surface area contributed by atoms with Crippen molar-refractivity contribution < 1.29 is 13.2 Å². The number of alkyl halides is 3. The van der Waals surface area contributed by atoms with Gasteiger partial charge in [0.15, 0.2) is 5.69 Å². The Morgan fingerprint density at radius 1 is 1.38 bits per heavy atom. The van der Waals surface area contributed by atoms with E-state index in [0.717, 1.165) is 37.9 Å². The van der Waals surface area contributed by atoms with Crippen LogP contribution in [0, 0.1) is 5.92 Å². The van der Waals surface area contributed by atoms with Crippen LogP contribution < -0.4 is 0 Å². The lowest BCUT2D eigenvalue weighted by Gasteiger charge is -2.28. The molecule has 5 nitrogen and oxygen atoms in total. The molecule has 8 heteroatoms. The van der Waals surface area contributed by atoms with Gasteiger partial charge in [0, 0.05) is 45.0 Å². The monoisotopic (exact) mass is 341 g/mol. The number of nitrogens with zero attached hydrogens (tertiary/aromatic N) is 5. The summed E-state index contributed by atoms with van der Waals surface area (Å²) >= 11 is 0. The van der Waals surface area contributed by atoms with E-state index < -0.39 is 11.9 Å². The molecule has 132 valence electrons. The van der Waals surface area contributed by atoms with Crippen LogP contribution in [0.25, 0.3) is 0 Å². The van der Waals surface area contributed by atoms with E-state index in [0.29, 0.717) is 24.7 Å². The maximum atomic E-state index is 12.8. The minimum absolute atomic E-state index is 0.329. The first kappa shape index (κ1) is 17.0. The van der Waals surface area contributed by atoms with Crippen molar-refractivity contribution in [3.05, 3.63) is 35.7 Å². The van der Waals surface area contributed by atoms with Gasteiger partial charge in [-0.3, -0.25) is 4.68 Å². The summed E-state index contributed by atoms with van der Waals surface area (Å²) in [5.41, 5.74) is 0.372. The Labute approximate surface area is 139 Å². The molecule has 1 aliphatic rings. The molecule has 0 amide bonds. The molecule has 0 unspecified atom stereocenters. The number of hydrogen-bond acceptors (Lipinski definition) is 3. The molecule has 0 aliphatic carbocycles. The minimum atomic E-state index is -4.37. The van der Waals surface area contributed by atoms with E-state index in [1.807, 2.05) is 17.8 Å². The zero-order chi connectivity index (χ0) is 17.3. The van der Waals surface area contributed by atoms with Crippen molar-refractivity contribution in [1.29, 1.82) is 0 Å². The van der Waals surface area contributed by atoms with Crippen molar-refractivity contribution >= 4 is 0 Å². The molecule has 1 aliphatic heterocycles. The Morgan fingerprint density at radius 3 is 2.88 bits per heavy atom. The summed E-state index contributed by atoms with van der Waals surface area (Å²) in [5, 5.41) is 4.26. The summed E-state index contributed by atoms with van der Waals surface area (Å²) in [6.07, 6.45) is 0.0414. The van der Waals surface area contributed by atoms with Crippen molar-refractivity contribution in [1.82, 2.24) is 24.2 Å². The lowest BCUT2D eigenvalue weighted by molar-refractivity contribution is -0.141. The molecule has 0 saturated heterocycles. The summed E-state index contributed by atoms with van der Waals surface area (Å²) in [5.74, 6) is 0.876. The van der Waals surface area contributed by atoms with Crippen LogP contribution in [0.15, 0.2) is 18.5 Å². The highest BCUT2D eigenvalue weighted by Gasteiger charge is 2.35. The topological polar surface area (TPSA) is 38.9 Å². The maximum Gasteiger partial charge on any atom is 0.434 e. The zero-order valence-corrected chi connectivity index (χ0v) is 13.9. The van der Waals surface area contributed by atoms with Gasteiger partial charge in [-0.15, -0.1) is 0 Å². The van der Waals surface area contributed by atoms with E-state index >= 15 is 0 Å². The van der Waals surface area contributed by atoms with Crippen molar-refractivity contribution in [2.75, 3.05) is 13.6 Å². The van der Waals surface area contributed by atoms with Crippen LogP contribution in [0.5, 0.6) is 0 Å². The number of rotatable bonds is 5. The molecule has 3 heterocycles. The molecule has 0 fully saturated rings. The van der Waals surface area contributed by atoms with Gasteiger partial charge in [0.2, 0.25) is 0 Å². The first-order chi connectivity index (χ1) is 11.4. The van der Waals surface area contributed by atoms with E-state index in [1.54, 1.807) is 10.8 Å².